The van der Waals surface area contributed by atoms with Crippen molar-refractivity contribution in [3.05, 3.63) is 51.9 Å². The highest BCUT2D eigenvalue weighted by Crippen LogP contribution is 2.23. The second-order valence-corrected chi connectivity index (χ2v) is 9.38. The third-order valence-corrected chi connectivity index (χ3v) is 6.03. The number of hydrazine groups is 1. The van der Waals surface area contributed by atoms with Crippen molar-refractivity contribution in [1.29, 1.82) is 5.26 Å². The molecule has 0 bridgehead atoms. The van der Waals surface area contributed by atoms with Crippen molar-refractivity contribution in [2.75, 3.05) is 44.8 Å². The van der Waals surface area contributed by atoms with Gasteiger partial charge in [-0.05, 0) is 53.0 Å². The van der Waals surface area contributed by atoms with E-state index >= 15 is 0 Å². The van der Waals surface area contributed by atoms with Crippen LogP contribution >= 0.6 is 15.9 Å². The largest absolute Gasteiger partial charge is 0.304 e. The van der Waals surface area contributed by atoms with Crippen LogP contribution in [0.4, 0.5) is 5.82 Å². The van der Waals surface area contributed by atoms with Gasteiger partial charge in [0.15, 0.2) is 5.82 Å². The number of rotatable bonds is 8. The number of nitrogens with one attached hydrogen (secondary N) is 1. The minimum atomic E-state index is -0.219. The van der Waals surface area contributed by atoms with E-state index in [4.69, 9.17) is 5.26 Å². The molecule has 0 aliphatic carbocycles. The van der Waals surface area contributed by atoms with Gasteiger partial charge in [0.25, 0.3) is 5.91 Å². The van der Waals surface area contributed by atoms with Crippen LogP contribution in [0.3, 0.4) is 0 Å². The van der Waals surface area contributed by atoms with E-state index in [1.54, 1.807) is 5.01 Å². The molecule has 2 heterocycles. The summed E-state index contributed by atoms with van der Waals surface area (Å²) < 4.78 is 0.614. The third kappa shape index (κ3) is 6.73. The first kappa shape index (κ1) is 24.1. The van der Waals surface area contributed by atoms with E-state index in [-0.39, 0.29) is 11.7 Å². The van der Waals surface area contributed by atoms with Gasteiger partial charge in [0, 0.05) is 51.0 Å². The van der Waals surface area contributed by atoms with Crippen LogP contribution in [0.1, 0.15) is 42.0 Å². The number of halogens is 1. The molecule has 1 fully saturated rings. The molecule has 0 radical (unpaired) electrons. The number of benzene rings is 1. The molecule has 170 valence electrons. The van der Waals surface area contributed by atoms with Gasteiger partial charge in [0.1, 0.15) is 6.07 Å². The quantitative estimate of drug-likeness (QED) is 0.558. The zero-order valence-corrected chi connectivity index (χ0v) is 20.5. The molecule has 1 saturated heterocycles. The number of carbonyl (C=O) groups excluding carboxylic acids is 1. The topological polar surface area (TPSA) is 88.4 Å². The number of anilines is 1. The van der Waals surface area contributed by atoms with Crippen LogP contribution < -0.4 is 10.4 Å². The lowest BCUT2D eigenvalue weighted by molar-refractivity contribution is 0.0947. The van der Waals surface area contributed by atoms with Gasteiger partial charge in [-0.25, -0.2) is 4.98 Å². The zero-order valence-electron chi connectivity index (χ0n) is 18.9. The van der Waals surface area contributed by atoms with Gasteiger partial charge in [0.2, 0.25) is 5.82 Å². The molecule has 0 atom stereocenters. The average molecular weight is 500 g/mol. The molecule has 32 heavy (non-hydrogen) atoms. The first-order valence-corrected chi connectivity index (χ1v) is 11.7. The number of hydrogen-bond acceptors (Lipinski definition) is 7. The van der Waals surface area contributed by atoms with Crippen molar-refractivity contribution in [2.45, 2.75) is 26.8 Å². The number of piperazine rings is 1. The van der Waals surface area contributed by atoms with Crippen LogP contribution in [-0.2, 0) is 6.54 Å². The predicted octanol–water partition coefficient (Wildman–Crippen LogP) is 3.06. The summed E-state index contributed by atoms with van der Waals surface area (Å²) in [7, 11) is 2.15. The van der Waals surface area contributed by atoms with Gasteiger partial charge in [0.05, 0.1) is 4.47 Å². The van der Waals surface area contributed by atoms with Crippen molar-refractivity contribution >= 4 is 27.7 Å². The maximum absolute atomic E-state index is 13.0. The number of hydrogen-bond donors (Lipinski definition) is 1. The number of likely N-dealkylation sites (N-methyl/N-ethyl adjacent to an activating group) is 1. The van der Waals surface area contributed by atoms with Crippen molar-refractivity contribution in [1.82, 2.24) is 25.2 Å². The Kier molecular flexibility index (Phi) is 8.56. The highest BCUT2D eigenvalue weighted by atomic mass is 79.9. The lowest BCUT2D eigenvalue weighted by atomic mass is 10.1. The van der Waals surface area contributed by atoms with E-state index in [0.29, 0.717) is 28.3 Å². The van der Waals surface area contributed by atoms with E-state index in [1.807, 2.05) is 30.3 Å². The van der Waals surface area contributed by atoms with Gasteiger partial charge in [-0.2, -0.15) is 10.2 Å². The fraction of sp³-hybridized carbons (Fsp3) is 0.478. The van der Waals surface area contributed by atoms with Crippen LogP contribution in [0.5, 0.6) is 0 Å². The minimum absolute atomic E-state index is 0.0558. The Morgan fingerprint density at radius 2 is 1.94 bits per heavy atom. The van der Waals surface area contributed by atoms with Gasteiger partial charge >= 0.3 is 0 Å². The summed E-state index contributed by atoms with van der Waals surface area (Å²) in [6.07, 6.45) is 2.38. The number of aromatic nitrogens is 2. The zero-order chi connectivity index (χ0) is 23.1. The van der Waals surface area contributed by atoms with E-state index in [9.17, 15) is 4.79 Å². The first-order valence-electron chi connectivity index (χ1n) is 10.9. The number of nitrogens with zero attached hydrogens (tertiary/aromatic N) is 6. The molecule has 0 saturated carbocycles. The van der Waals surface area contributed by atoms with E-state index in [1.165, 1.54) is 11.8 Å². The average Bonchev–Trinajstić information content (AvgIpc) is 2.79. The van der Waals surface area contributed by atoms with E-state index < -0.39 is 0 Å². The summed E-state index contributed by atoms with van der Waals surface area (Å²) in [6.45, 7) is 9.97. The molecule has 8 nitrogen and oxygen atoms in total. The standard InChI is InChI=1S/C23H30BrN7O/c1-17(2)8-9-31(22-20(24)15-26-21(14-25)27-22)28-23(32)19-6-4-18(5-7-19)16-30-12-10-29(3)11-13-30/h4-7,15,17H,8-13,16H2,1-3H3,(H,28,32). The van der Waals surface area contributed by atoms with E-state index in [0.717, 1.165) is 39.1 Å². The Labute approximate surface area is 198 Å². The second-order valence-electron chi connectivity index (χ2n) is 8.53. The van der Waals surface area contributed by atoms with Crippen molar-refractivity contribution in [2.24, 2.45) is 5.92 Å². The summed E-state index contributed by atoms with van der Waals surface area (Å²) in [5.41, 5.74) is 4.72. The highest BCUT2D eigenvalue weighted by molar-refractivity contribution is 9.10. The van der Waals surface area contributed by atoms with Gasteiger partial charge < -0.3 is 4.90 Å². The van der Waals surface area contributed by atoms with Crippen molar-refractivity contribution in [3.63, 3.8) is 0 Å². The summed E-state index contributed by atoms with van der Waals surface area (Å²) in [5.74, 6) is 0.751. The van der Waals surface area contributed by atoms with Crippen molar-refractivity contribution in [3.8, 4) is 6.07 Å². The number of nitriles is 1. The summed E-state index contributed by atoms with van der Waals surface area (Å²) in [5, 5.41) is 10.9. The van der Waals surface area contributed by atoms with Crippen LogP contribution in [0.15, 0.2) is 34.9 Å². The molecular formula is C23H30BrN7O. The molecule has 3 rings (SSSR count). The monoisotopic (exact) mass is 499 g/mol. The Balaban J connectivity index is 1.69. The van der Waals surface area contributed by atoms with Crippen LogP contribution in [0, 0.1) is 17.2 Å². The Hall–Kier alpha value is -2.54. The van der Waals surface area contributed by atoms with Gasteiger partial charge in [-0.3, -0.25) is 20.1 Å². The lowest BCUT2D eigenvalue weighted by Crippen LogP contribution is -2.44. The van der Waals surface area contributed by atoms with Gasteiger partial charge in [-0.15, -0.1) is 0 Å². The molecule has 1 aromatic carbocycles. The minimum Gasteiger partial charge on any atom is -0.304 e. The number of amides is 1. The molecule has 0 unspecified atom stereocenters. The predicted molar refractivity (Wildman–Crippen MR) is 128 cm³/mol. The Morgan fingerprint density at radius 1 is 1.25 bits per heavy atom. The molecule has 1 amide bonds. The van der Waals surface area contributed by atoms with Crippen LogP contribution in [-0.4, -0.2) is 65.4 Å². The van der Waals surface area contributed by atoms with Crippen LogP contribution in [0.25, 0.3) is 0 Å². The van der Waals surface area contributed by atoms with Crippen molar-refractivity contribution < 1.29 is 4.79 Å². The second kappa shape index (κ2) is 11.4. The molecular weight excluding hydrogens is 470 g/mol. The fourth-order valence-electron chi connectivity index (χ4n) is 3.42. The molecule has 2 aromatic rings. The number of carbonyl (C=O) groups is 1. The normalized spacial score (nSPS) is 14.9. The Bertz CT molecular complexity index is 950. The third-order valence-electron chi connectivity index (χ3n) is 5.47. The van der Waals surface area contributed by atoms with Crippen LogP contribution in [0.2, 0.25) is 0 Å². The lowest BCUT2D eigenvalue weighted by Gasteiger charge is -2.32. The molecule has 1 aliphatic heterocycles. The molecule has 9 heteroatoms. The SMILES string of the molecule is CC(C)CCN(NC(=O)c1ccc(CN2CCN(C)CC2)cc1)c1nc(C#N)ncc1Br. The van der Waals surface area contributed by atoms with E-state index in [2.05, 4.69) is 62.0 Å². The first-order chi connectivity index (χ1) is 15.4. The summed E-state index contributed by atoms with van der Waals surface area (Å²) >= 11 is 3.44. The highest BCUT2D eigenvalue weighted by Gasteiger charge is 2.18. The summed E-state index contributed by atoms with van der Waals surface area (Å²) in [6, 6.07) is 9.70. The maximum atomic E-state index is 13.0. The molecule has 1 aliphatic rings. The Morgan fingerprint density at radius 3 is 2.56 bits per heavy atom. The molecule has 1 aromatic heterocycles. The fourth-order valence-corrected chi connectivity index (χ4v) is 3.82. The summed E-state index contributed by atoms with van der Waals surface area (Å²) in [4.78, 5) is 26.0. The smallest absolute Gasteiger partial charge is 0.269 e. The van der Waals surface area contributed by atoms with Gasteiger partial charge in [-0.1, -0.05) is 26.0 Å². The molecule has 1 N–H and O–H groups in total. The maximum Gasteiger partial charge on any atom is 0.269 e. The molecule has 0 spiro atoms.